The van der Waals surface area contributed by atoms with Crippen molar-refractivity contribution < 1.29 is 14.3 Å². The zero-order chi connectivity index (χ0) is 16.1. The highest BCUT2D eigenvalue weighted by atomic mass is 35.5. The van der Waals surface area contributed by atoms with Gasteiger partial charge in [-0.25, -0.2) is 9.78 Å². The third kappa shape index (κ3) is 3.95. The Morgan fingerprint density at radius 1 is 1.32 bits per heavy atom. The molecule has 5 nitrogen and oxygen atoms in total. The zero-order valence-corrected chi connectivity index (χ0v) is 13.4. The number of methoxy groups -OCH3 is 1. The summed E-state index contributed by atoms with van der Waals surface area (Å²) >= 11 is 6.28. The molecule has 22 heavy (non-hydrogen) atoms. The van der Waals surface area contributed by atoms with E-state index in [0.29, 0.717) is 34.6 Å². The van der Waals surface area contributed by atoms with Crippen LogP contribution < -0.4 is 4.74 Å². The fraction of sp³-hybridized carbons (Fsp3) is 0.312. The number of carbonyl (C=O) groups excluding carboxylic acids is 1. The Morgan fingerprint density at radius 3 is 2.73 bits per heavy atom. The van der Waals surface area contributed by atoms with Crippen LogP contribution in [0, 0.1) is 5.92 Å². The minimum absolute atomic E-state index is 0.135. The van der Waals surface area contributed by atoms with Crippen molar-refractivity contribution in [1.29, 1.82) is 0 Å². The van der Waals surface area contributed by atoms with Gasteiger partial charge in [-0.15, -0.1) is 0 Å². The molecule has 1 aromatic carbocycles. The average molecular weight is 321 g/mol. The van der Waals surface area contributed by atoms with Gasteiger partial charge in [0, 0.05) is 5.56 Å². The molecule has 116 valence electrons. The number of halogens is 1. The van der Waals surface area contributed by atoms with Gasteiger partial charge in [-0.3, -0.25) is 4.98 Å². The van der Waals surface area contributed by atoms with Crippen LogP contribution in [0.3, 0.4) is 0 Å². The molecule has 1 heterocycles. The number of hydrogen-bond acceptors (Lipinski definition) is 5. The first-order valence-corrected chi connectivity index (χ1v) is 7.22. The van der Waals surface area contributed by atoms with Crippen molar-refractivity contribution in [1.82, 2.24) is 9.97 Å². The van der Waals surface area contributed by atoms with E-state index in [0.717, 1.165) is 0 Å². The Balaban J connectivity index is 2.27. The predicted molar refractivity (Wildman–Crippen MR) is 84.2 cm³/mol. The van der Waals surface area contributed by atoms with Gasteiger partial charge in [-0.2, -0.15) is 0 Å². The van der Waals surface area contributed by atoms with Crippen LogP contribution in [0.4, 0.5) is 0 Å². The van der Waals surface area contributed by atoms with Crippen LogP contribution in [0.5, 0.6) is 5.75 Å². The number of esters is 1. The van der Waals surface area contributed by atoms with Crippen LogP contribution >= 0.6 is 11.6 Å². The van der Waals surface area contributed by atoms with Crippen molar-refractivity contribution in [2.75, 3.05) is 13.7 Å². The molecule has 0 aliphatic carbocycles. The smallest absolute Gasteiger partial charge is 0.358 e. The first-order chi connectivity index (χ1) is 10.5. The molecule has 0 amide bonds. The molecule has 2 aromatic rings. The Kier molecular flexibility index (Phi) is 5.33. The molecule has 2 rings (SSSR count). The van der Waals surface area contributed by atoms with E-state index >= 15 is 0 Å². The predicted octanol–water partition coefficient (Wildman–Crippen LogP) is 3.62. The van der Waals surface area contributed by atoms with Crippen molar-refractivity contribution >= 4 is 17.6 Å². The van der Waals surface area contributed by atoms with Gasteiger partial charge in [0.15, 0.2) is 5.69 Å². The molecule has 0 bridgehead atoms. The lowest BCUT2D eigenvalue weighted by Crippen LogP contribution is -2.06. The largest absolute Gasteiger partial charge is 0.493 e. The minimum atomic E-state index is -0.539. The molecule has 1 aromatic heterocycles. The molecule has 0 aliphatic rings. The third-order valence-electron chi connectivity index (χ3n) is 2.83. The monoisotopic (exact) mass is 320 g/mol. The van der Waals surface area contributed by atoms with E-state index < -0.39 is 5.97 Å². The highest BCUT2D eigenvalue weighted by molar-refractivity contribution is 6.33. The molecule has 0 atom stereocenters. The van der Waals surface area contributed by atoms with Gasteiger partial charge < -0.3 is 9.47 Å². The summed E-state index contributed by atoms with van der Waals surface area (Å²) in [6.45, 7) is 4.76. The van der Waals surface area contributed by atoms with Crippen molar-refractivity contribution in [3.63, 3.8) is 0 Å². The summed E-state index contributed by atoms with van der Waals surface area (Å²) in [4.78, 5) is 19.7. The minimum Gasteiger partial charge on any atom is -0.493 e. The second-order valence-corrected chi connectivity index (χ2v) is 5.53. The van der Waals surface area contributed by atoms with Gasteiger partial charge in [-0.05, 0) is 24.1 Å². The normalized spacial score (nSPS) is 10.6. The molecular weight excluding hydrogens is 304 g/mol. The van der Waals surface area contributed by atoms with Gasteiger partial charge in [0.25, 0.3) is 0 Å². The van der Waals surface area contributed by atoms with Crippen LogP contribution in [0.25, 0.3) is 11.3 Å². The molecule has 6 heteroatoms. The summed E-state index contributed by atoms with van der Waals surface area (Å²) in [7, 11) is 1.30. The van der Waals surface area contributed by atoms with Crippen molar-refractivity contribution in [2.45, 2.75) is 13.8 Å². The standard InChI is InChI=1S/C16H17ClN2O3/c1-10(2)9-22-11-4-5-12(13(17)6-11)14-7-18-8-15(19-14)16(20)21-3/h4-8,10H,9H2,1-3H3. The molecule has 0 aliphatic heterocycles. The molecule has 0 saturated carbocycles. The Hall–Kier alpha value is -2.14. The lowest BCUT2D eigenvalue weighted by molar-refractivity contribution is 0.0593. The Labute approximate surface area is 134 Å². The summed E-state index contributed by atoms with van der Waals surface area (Å²) in [5.41, 5.74) is 1.32. The van der Waals surface area contributed by atoms with Crippen molar-refractivity contribution in [2.24, 2.45) is 5.92 Å². The highest BCUT2D eigenvalue weighted by Gasteiger charge is 2.12. The van der Waals surface area contributed by atoms with E-state index in [9.17, 15) is 4.79 Å². The molecule has 0 radical (unpaired) electrons. The number of benzene rings is 1. The maximum absolute atomic E-state index is 11.5. The molecule has 0 fully saturated rings. The fourth-order valence-corrected chi connectivity index (χ4v) is 2.02. The lowest BCUT2D eigenvalue weighted by atomic mass is 10.1. The summed E-state index contributed by atoms with van der Waals surface area (Å²) in [5, 5.41) is 0.484. The topological polar surface area (TPSA) is 61.3 Å². The van der Waals surface area contributed by atoms with Crippen LogP contribution in [0.2, 0.25) is 5.02 Å². The Bertz CT molecular complexity index is 674. The van der Waals surface area contributed by atoms with E-state index in [1.54, 1.807) is 18.3 Å². The summed E-state index contributed by atoms with van der Waals surface area (Å²) in [5.74, 6) is 0.586. The first-order valence-electron chi connectivity index (χ1n) is 6.84. The summed E-state index contributed by atoms with van der Waals surface area (Å²) < 4.78 is 10.3. The fourth-order valence-electron chi connectivity index (χ4n) is 1.75. The number of rotatable bonds is 5. The molecular formula is C16H17ClN2O3. The molecule has 0 spiro atoms. The quantitative estimate of drug-likeness (QED) is 0.787. The van der Waals surface area contributed by atoms with Crippen molar-refractivity contribution in [3.05, 3.63) is 41.3 Å². The van der Waals surface area contributed by atoms with E-state index in [1.165, 1.54) is 13.3 Å². The van der Waals surface area contributed by atoms with E-state index in [-0.39, 0.29) is 5.69 Å². The van der Waals surface area contributed by atoms with Gasteiger partial charge in [0.1, 0.15) is 5.75 Å². The zero-order valence-electron chi connectivity index (χ0n) is 12.7. The van der Waals surface area contributed by atoms with Crippen LogP contribution in [0.1, 0.15) is 24.3 Å². The second kappa shape index (κ2) is 7.22. The van der Waals surface area contributed by atoms with Crippen LogP contribution in [0.15, 0.2) is 30.6 Å². The number of nitrogens with zero attached hydrogens (tertiary/aromatic N) is 2. The molecule has 0 N–H and O–H groups in total. The number of ether oxygens (including phenoxy) is 2. The van der Waals surface area contributed by atoms with E-state index in [2.05, 4.69) is 28.6 Å². The first kappa shape index (κ1) is 16.2. The molecule has 0 unspecified atom stereocenters. The van der Waals surface area contributed by atoms with Crippen LogP contribution in [-0.2, 0) is 4.74 Å². The maximum Gasteiger partial charge on any atom is 0.358 e. The number of carbonyl (C=O) groups is 1. The third-order valence-corrected chi connectivity index (χ3v) is 3.14. The second-order valence-electron chi connectivity index (χ2n) is 5.13. The van der Waals surface area contributed by atoms with Crippen molar-refractivity contribution in [3.8, 4) is 17.0 Å². The van der Waals surface area contributed by atoms with Gasteiger partial charge in [0.2, 0.25) is 0 Å². The highest BCUT2D eigenvalue weighted by Crippen LogP contribution is 2.30. The van der Waals surface area contributed by atoms with E-state index in [1.807, 2.05) is 6.07 Å². The number of aromatic nitrogens is 2. The Morgan fingerprint density at radius 2 is 2.09 bits per heavy atom. The lowest BCUT2D eigenvalue weighted by Gasteiger charge is -2.10. The summed E-state index contributed by atoms with van der Waals surface area (Å²) in [6, 6.07) is 5.34. The SMILES string of the molecule is COC(=O)c1cncc(-c2ccc(OCC(C)C)cc2Cl)n1. The average Bonchev–Trinajstić information content (AvgIpc) is 2.52. The number of hydrogen-bond donors (Lipinski definition) is 0. The molecule has 0 saturated heterocycles. The van der Waals surface area contributed by atoms with E-state index in [4.69, 9.17) is 16.3 Å². The van der Waals surface area contributed by atoms with Crippen LogP contribution in [-0.4, -0.2) is 29.7 Å². The maximum atomic E-state index is 11.5. The van der Waals surface area contributed by atoms with Gasteiger partial charge in [-0.1, -0.05) is 25.4 Å². The summed E-state index contributed by atoms with van der Waals surface area (Å²) in [6.07, 6.45) is 2.89. The van der Waals surface area contributed by atoms with Gasteiger partial charge in [0.05, 0.1) is 36.8 Å². The van der Waals surface area contributed by atoms with Gasteiger partial charge >= 0.3 is 5.97 Å².